The number of aromatic nitrogens is 1. The third-order valence-corrected chi connectivity index (χ3v) is 6.56. The van der Waals surface area contributed by atoms with Crippen molar-refractivity contribution in [3.8, 4) is 22.8 Å². The van der Waals surface area contributed by atoms with E-state index in [0.29, 0.717) is 33.7 Å². The first-order chi connectivity index (χ1) is 17.6. The standard InChI is InChI=1S/C27H21N3O5S/c1-32-26(31)17-7-5-16(6-8-17)20-11-12-22(35-20)25-24(19-4-2-3-13-28-19)29-27(36)30(25)18-9-10-21-23(14-18)34-15-33-21/h2-14,24-25H,15H2,1H3,(H,29,36). The zero-order valence-electron chi connectivity index (χ0n) is 19.2. The molecule has 4 aromatic rings. The minimum atomic E-state index is -0.384. The van der Waals surface area contributed by atoms with Gasteiger partial charge in [-0.2, -0.15) is 0 Å². The van der Waals surface area contributed by atoms with Crippen LogP contribution in [0.25, 0.3) is 11.3 Å². The summed E-state index contributed by atoms with van der Waals surface area (Å²) in [6.45, 7) is 0.192. The van der Waals surface area contributed by atoms with Gasteiger partial charge in [0.05, 0.1) is 24.4 Å². The van der Waals surface area contributed by atoms with Crippen molar-refractivity contribution in [3.05, 3.63) is 96.0 Å². The van der Waals surface area contributed by atoms with E-state index < -0.39 is 0 Å². The Balaban J connectivity index is 1.39. The highest BCUT2D eigenvalue weighted by molar-refractivity contribution is 7.80. The van der Waals surface area contributed by atoms with E-state index in [1.807, 2.05) is 65.6 Å². The van der Waals surface area contributed by atoms with E-state index in [9.17, 15) is 4.79 Å². The smallest absolute Gasteiger partial charge is 0.337 e. The van der Waals surface area contributed by atoms with Gasteiger partial charge in [0.2, 0.25) is 6.79 Å². The average Bonchev–Trinajstić information content (AvgIpc) is 3.66. The zero-order valence-corrected chi connectivity index (χ0v) is 20.0. The molecule has 0 bridgehead atoms. The Morgan fingerprint density at radius 3 is 2.67 bits per heavy atom. The topological polar surface area (TPSA) is 86.1 Å². The van der Waals surface area contributed by atoms with Gasteiger partial charge in [-0.05, 0) is 60.7 Å². The minimum Gasteiger partial charge on any atom is -0.465 e. The molecule has 2 aliphatic heterocycles. The van der Waals surface area contributed by atoms with Gasteiger partial charge in [0, 0.05) is 23.5 Å². The number of fused-ring (bicyclic) bond motifs is 1. The van der Waals surface area contributed by atoms with E-state index in [2.05, 4.69) is 10.3 Å². The molecular formula is C27H21N3O5S. The van der Waals surface area contributed by atoms with Crippen LogP contribution in [-0.4, -0.2) is 30.0 Å². The first kappa shape index (κ1) is 22.1. The summed E-state index contributed by atoms with van der Waals surface area (Å²) in [5.74, 6) is 2.36. The molecule has 1 N–H and O–H groups in total. The largest absolute Gasteiger partial charge is 0.465 e. The van der Waals surface area contributed by atoms with Crippen LogP contribution in [0.15, 0.2) is 83.4 Å². The Kier molecular flexibility index (Phi) is 5.54. The van der Waals surface area contributed by atoms with Gasteiger partial charge >= 0.3 is 5.97 Å². The van der Waals surface area contributed by atoms with Gasteiger partial charge in [-0.25, -0.2) is 4.79 Å². The second kappa shape index (κ2) is 9.01. The number of methoxy groups -OCH3 is 1. The molecule has 180 valence electrons. The first-order valence-corrected chi connectivity index (χ1v) is 11.7. The van der Waals surface area contributed by atoms with Gasteiger partial charge in [-0.15, -0.1) is 0 Å². The Morgan fingerprint density at radius 1 is 1.06 bits per heavy atom. The summed E-state index contributed by atoms with van der Waals surface area (Å²) >= 11 is 5.78. The lowest BCUT2D eigenvalue weighted by Gasteiger charge is -2.26. The second-order valence-corrected chi connectivity index (χ2v) is 8.69. The van der Waals surface area contributed by atoms with Crippen LogP contribution >= 0.6 is 12.2 Å². The number of rotatable bonds is 5. The highest BCUT2D eigenvalue weighted by Gasteiger charge is 2.43. The number of pyridine rings is 1. The highest BCUT2D eigenvalue weighted by atomic mass is 32.1. The van der Waals surface area contributed by atoms with Crippen molar-refractivity contribution in [1.29, 1.82) is 0 Å². The SMILES string of the molecule is COC(=O)c1ccc(-c2ccc(C3C(c4ccccn4)NC(=S)N3c3ccc4c(c3)OCO4)o2)cc1. The molecule has 4 heterocycles. The van der Waals surface area contributed by atoms with E-state index in [1.165, 1.54) is 7.11 Å². The Hall–Kier alpha value is -4.37. The molecule has 0 amide bonds. The van der Waals surface area contributed by atoms with E-state index in [1.54, 1.807) is 18.3 Å². The van der Waals surface area contributed by atoms with Crippen molar-refractivity contribution >= 4 is 29.0 Å². The third kappa shape index (κ3) is 3.83. The van der Waals surface area contributed by atoms with Crippen LogP contribution in [0.1, 0.15) is 33.9 Å². The average molecular weight is 500 g/mol. The number of ether oxygens (including phenoxy) is 3. The van der Waals surface area contributed by atoms with E-state index in [0.717, 1.165) is 16.9 Å². The third-order valence-electron chi connectivity index (χ3n) is 6.24. The number of carbonyl (C=O) groups is 1. The molecule has 9 heteroatoms. The van der Waals surface area contributed by atoms with Crippen molar-refractivity contribution < 1.29 is 23.4 Å². The molecule has 2 atom stereocenters. The molecule has 0 radical (unpaired) electrons. The quantitative estimate of drug-likeness (QED) is 0.300. The predicted molar refractivity (Wildman–Crippen MR) is 136 cm³/mol. The van der Waals surface area contributed by atoms with Crippen molar-refractivity contribution in [2.45, 2.75) is 12.1 Å². The summed E-state index contributed by atoms with van der Waals surface area (Å²) in [4.78, 5) is 18.4. The normalized spacial score (nSPS) is 18.2. The van der Waals surface area contributed by atoms with Crippen LogP contribution in [0.4, 0.5) is 5.69 Å². The molecule has 36 heavy (non-hydrogen) atoms. The summed E-state index contributed by atoms with van der Waals surface area (Å²) in [5, 5.41) is 3.97. The van der Waals surface area contributed by atoms with E-state index in [-0.39, 0.29) is 24.8 Å². The maximum Gasteiger partial charge on any atom is 0.337 e. The Bertz CT molecular complexity index is 1440. The van der Waals surface area contributed by atoms with Gasteiger partial charge in [0.15, 0.2) is 16.6 Å². The number of hydrogen-bond acceptors (Lipinski definition) is 7. The van der Waals surface area contributed by atoms with E-state index >= 15 is 0 Å². The molecular weight excluding hydrogens is 478 g/mol. The molecule has 1 fully saturated rings. The number of thiocarbonyl (C=S) groups is 1. The molecule has 0 saturated carbocycles. The molecule has 0 spiro atoms. The van der Waals surface area contributed by atoms with Crippen molar-refractivity contribution in [2.75, 3.05) is 18.8 Å². The van der Waals surface area contributed by atoms with Gasteiger partial charge in [-0.3, -0.25) is 4.98 Å². The molecule has 2 unspecified atom stereocenters. The summed E-state index contributed by atoms with van der Waals surface area (Å²) in [5.41, 5.74) is 3.00. The number of anilines is 1. The summed E-state index contributed by atoms with van der Waals surface area (Å²) in [6.07, 6.45) is 1.76. The number of hydrogen-bond donors (Lipinski definition) is 1. The summed E-state index contributed by atoms with van der Waals surface area (Å²) < 4.78 is 22.3. The van der Waals surface area contributed by atoms with Crippen molar-refractivity contribution in [1.82, 2.24) is 10.3 Å². The zero-order chi connectivity index (χ0) is 24.6. The molecule has 2 aromatic carbocycles. The molecule has 0 aliphatic carbocycles. The number of benzene rings is 2. The minimum absolute atomic E-state index is 0.192. The molecule has 1 saturated heterocycles. The van der Waals surface area contributed by atoms with E-state index in [4.69, 9.17) is 30.8 Å². The molecule has 6 rings (SSSR count). The number of carbonyl (C=O) groups excluding carboxylic acids is 1. The first-order valence-electron chi connectivity index (χ1n) is 11.3. The van der Waals surface area contributed by atoms with Crippen LogP contribution in [0.3, 0.4) is 0 Å². The Labute approximate surface area is 212 Å². The van der Waals surface area contributed by atoms with Crippen LogP contribution in [0.2, 0.25) is 0 Å². The van der Waals surface area contributed by atoms with Gasteiger partial charge in [0.1, 0.15) is 17.6 Å². The molecule has 2 aromatic heterocycles. The fourth-order valence-corrected chi connectivity index (χ4v) is 4.86. The lowest BCUT2D eigenvalue weighted by molar-refractivity contribution is 0.0600. The maximum absolute atomic E-state index is 11.8. The van der Waals surface area contributed by atoms with Crippen molar-refractivity contribution in [3.63, 3.8) is 0 Å². The van der Waals surface area contributed by atoms with Crippen LogP contribution in [0.5, 0.6) is 11.5 Å². The fraction of sp³-hybridized carbons (Fsp3) is 0.148. The number of nitrogens with one attached hydrogen (secondary N) is 1. The number of nitrogens with zero attached hydrogens (tertiary/aromatic N) is 2. The highest BCUT2D eigenvalue weighted by Crippen LogP contribution is 2.45. The maximum atomic E-state index is 11.8. The summed E-state index contributed by atoms with van der Waals surface area (Å²) in [7, 11) is 1.36. The van der Waals surface area contributed by atoms with Crippen LogP contribution in [-0.2, 0) is 4.74 Å². The van der Waals surface area contributed by atoms with Gasteiger partial charge in [0.25, 0.3) is 0 Å². The monoisotopic (exact) mass is 499 g/mol. The fourth-order valence-electron chi connectivity index (χ4n) is 4.51. The molecule has 2 aliphatic rings. The Morgan fingerprint density at radius 2 is 1.89 bits per heavy atom. The van der Waals surface area contributed by atoms with Gasteiger partial charge < -0.3 is 28.8 Å². The number of esters is 1. The lowest BCUT2D eigenvalue weighted by Crippen LogP contribution is -2.29. The lowest BCUT2D eigenvalue weighted by atomic mass is 10.0. The number of furan rings is 1. The van der Waals surface area contributed by atoms with Crippen LogP contribution < -0.4 is 19.7 Å². The molecule has 8 nitrogen and oxygen atoms in total. The van der Waals surface area contributed by atoms with Gasteiger partial charge in [-0.1, -0.05) is 18.2 Å². The predicted octanol–water partition coefficient (Wildman–Crippen LogP) is 5.03. The second-order valence-electron chi connectivity index (χ2n) is 8.31. The van der Waals surface area contributed by atoms with Crippen LogP contribution in [0, 0.1) is 0 Å². The van der Waals surface area contributed by atoms with Crippen molar-refractivity contribution in [2.24, 2.45) is 0 Å². The summed E-state index contributed by atoms with van der Waals surface area (Å²) in [6, 6.07) is 21.9.